The molecule has 0 fully saturated rings. The molecule has 0 amide bonds. The number of hydrogen-bond acceptors (Lipinski definition) is 2. The molecule has 0 aromatic heterocycles. The number of hydrogen-bond donors (Lipinski definition) is 1. The van der Waals surface area contributed by atoms with Crippen LogP contribution in [0.4, 0.5) is 5.69 Å². The lowest BCUT2D eigenvalue weighted by Crippen LogP contribution is -2.41. The van der Waals surface area contributed by atoms with Gasteiger partial charge in [-0.1, -0.05) is 13.8 Å². The molecule has 0 aliphatic carbocycles. The minimum absolute atomic E-state index is 0.0478. The number of fused-ring (bicyclic) bond motifs is 1. The van der Waals surface area contributed by atoms with Gasteiger partial charge in [0.2, 0.25) is 0 Å². The second-order valence-electron chi connectivity index (χ2n) is 5.96. The number of anilines is 1. The molecule has 0 saturated carbocycles. The number of rotatable bonds is 2. The van der Waals surface area contributed by atoms with Crippen molar-refractivity contribution in [2.45, 2.75) is 45.6 Å². The highest BCUT2D eigenvalue weighted by atomic mass is 16.4. The Morgan fingerprint density at radius 2 is 2.06 bits per heavy atom. The first-order valence-electron chi connectivity index (χ1n) is 6.47. The van der Waals surface area contributed by atoms with Gasteiger partial charge in [0.05, 0.1) is 5.56 Å². The molecule has 2 rings (SSSR count). The first-order valence-corrected chi connectivity index (χ1v) is 6.47. The van der Waals surface area contributed by atoms with Crippen LogP contribution in [0.25, 0.3) is 0 Å². The molecular weight excluding hydrogens is 226 g/mol. The summed E-state index contributed by atoms with van der Waals surface area (Å²) >= 11 is 0. The fourth-order valence-corrected chi connectivity index (χ4v) is 2.65. The molecule has 0 spiro atoms. The van der Waals surface area contributed by atoms with E-state index in [0.29, 0.717) is 11.6 Å². The molecular formula is C15H21NO2. The van der Waals surface area contributed by atoms with Crippen LogP contribution in [-0.2, 0) is 5.41 Å². The summed E-state index contributed by atoms with van der Waals surface area (Å²) in [5, 5.41) is 9.12. The van der Waals surface area contributed by atoms with Crippen molar-refractivity contribution in [3.8, 4) is 0 Å². The van der Waals surface area contributed by atoms with Crippen molar-refractivity contribution in [3.63, 3.8) is 0 Å². The van der Waals surface area contributed by atoms with Crippen LogP contribution in [0.15, 0.2) is 18.2 Å². The number of carboxylic acids is 1. The van der Waals surface area contributed by atoms with Gasteiger partial charge in [0.15, 0.2) is 0 Å². The normalized spacial score (nSPS) is 17.7. The summed E-state index contributed by atoms with van der Waals surface area (Å²) in [6.07, 6.45) is 1.06. The maximum Gasteiger partial charge on any atom is 0.335 e. The van der Waals surface area contributed by atoms with Gasteiger partial charge in [0.25, 0.3) is 0 Å². The zero-order valence-electron chi connectivity index (χ0n) is 11.5. The third kappa shape index (κ3) is 2.09. The van der Waals surface area contributed by atoms with Crippen LogP contribution in [-0.4, -0.2) is 23.7 Å². The van der Waals surface area contributed by atoms with Crippen molar-refractivity contribution in [2.24, 2.45) is 0 Å². The summed E-state index contributed by atoms with van der Waals surface area (Å²) in [5.74, 6) is -0.852. The Bertz CT molecular complexity index is 477. The molecule has 1 aromatic carbocycles. The SMILES string of the molecule is CC(C)N1CCC(C)(C)c2cc(C(=O)O)ccc21. The molecule has 0 radical (unpaired) electrons. The van der Waals surface area contributed by atoms with Crippen LogP contribution in [0, 0.1) is 0 Å². The molecule has 1 N–H and O–H groups in total. The molecule has 1 aliphatic heterocycles. The summed E-state index contributed by atoms with van der Waals surface area (Å²) in [6.45, 7) is 9.76. The van der Waals surface area contributed by atoms with Gasteiger partial charge in [-0.3, -0.25) is 0 Å². The van der Waals surface area contributed by atoms with Gasteiger partial charge in [0, 0.05) is 18.3 Å². The van der Waals surface area contributed by atoms with Gasteiger partial charge in [-0.15, -0.1) is 0 Å². The zero-order chi connectivity index (χ0) is 13.5. The third-order valence-electron chi connectivity index (χ3n) is 3.88. The Morgan fingerprint density at radius 1 is 1.39 bits per heavy atom. The summed E-state index contributed by atoms with van der Waals surface area (Å²) in [6, 6.07) is 5.94. The number of carboxylic acid groups (broad SMARTS) is 1. The van der Waals surface area contributed by atoms with Crippen LogP contribution >= 0.6 is 0 Å². The highest BCUT2D eigenvalue weighted by Gasteiger charge is 2.32. The topological polar surface area (TPSA) is 40.5 Å². The summed E-state index contributed by atoms with van der Waals surface area (Å²) in [7, 11) is 0. The van der Waals surface area contributed by atoms with E-state index in [2.05, 4.69) is 32.6 Å². The van der Waals surface area contributed by atoms with Crippen LogP contribution in [0.3, 0.4) is 0 Å². The lowest BCUT2D eigenvalue weighted by Gasteiger charge is -2.42. The average molecular weight is 247 g/mol. The molecule has 0 atom stereocenters. The maximum absolute atomic E-state index is 11.1. The first-order chi connectivity index (χ1) is 8.33. The van der Waals surface area contributed by atoms with Crippen molar-refractivity contribution in [1.29, 1.82) is 0 Å². The van der Waals surface area contributed by atoms with E-state index in [4.69, 9.17) is 5.11 Å². The predicted octanol–water partition coefficient (Wildman–Crippen LogP) is 3.28. The van der Waals surface area contributed by atoms with Crippen LogP contribution in [0.5, 0.6) is 0 Å². The van der Waals surface area contributed by atoms with E-state index in [-0.39, 0.29) is 5.41 Å². The highest BCUT2D eigenvalue weighted by molar-refractivity contribution is 5.89. The molecule has 0 saturated heterocycles. The second-order valence-corrected chi connectivity index (χ2v) is 5.96. The van der Waals surface area contributed by atoms with Crippen LogP contribution in [0.2, 0.25) is 0 Å². The Balaban J connectivity index is 2.56. The quantitative estimate of drug-likeness (QED) is 0.872. The van der Waals surface area contributed by atoms with E-state index in [9.17, 15) is 4.79 Å². The number of carbonyl (C=O) groups is 1. The van der Waals surface area contributed by atoms with E-state index in [1.165, 1.54) is 5.69 Å². The highest BCUT2D eigenvalue weighted by Crippen LogP contribution is 2.40. The van der Waals surface area contributed by atoms with Crippen molar-refractivity contribution in [3.05, 3.63) is 29.3 Å². The molecule has 1 heterocycles. The van der Waals surface area contributed by atoms with E-state index in [1.807, 2.05) is 12.1 Å². The fraction of sp³-hybridized carbons (Fsp3) is 0.533. The molecule has 98 valence electrons. The molecule has 18 heavy (non-hydrogen) atoms. The fourth-order valence-electron chi connectivity index (χ4n) is 2.65. The minimum atomic E-state index is -0.852. The Kier molecular flexibility index (Phi) is 3.09. The number of benzene rings is 1. The number of nitrogens with zero attached hydrogens (tertiary/aromatic N) is 1. The monoisotopic (exact) mass is 247 g/mol. The standard InChI is InChI=1S/C15H21NO2/c1-10(2)16-8-7-15(3,4)12-9-11(14(17)18)5-6-13(12)16/h5-6,9-10H,7-8H2,1-4H3,(H,17,18). The summed E-state index contributed by atoms with van der Waals surface area (Å²) in [5.41, 5.74) is 2.77. The van der Waals surface area contributed by atoms with Crippen LogP contribution < -0.4 is 4.90 Å². The van der Waals surface area contributed by atoms with Crippen molar-refractivity contribution in [2.75, 3.05) is 11.4 Å². The van der Waals surface area contributed by atoms with Crippen molar-refractivity contribution < 1.29 is 9.90 Å². The lowest BCUT2D eigenvalue weighted by molar-refractivity contribution is 0.0696. The molecule has 3 heteroatoms. The van der Waals surface area contributed by atoms with Gasteiger partial charge in [-0.05, 0) is 49.4 Å². The minimum Gasteiger partial charge on any atom is -0.478 e. The van der Waals surface area contributed by atoms with E-state index in [1.54, 1.807) is 6.07 Å². The molecule has 1 aromatic rings. The molecule has 3 nitrogen and oxygen atoms in total. The van der Waals surface area contributed by atoms with Gasteiger partial charge >= 0.3 is 5.97 Å². The lowest BCUT2D eigenvalue weighted by atomic mass is 9.77. The molecule has 0 bridgehead atoms. The van der Waals surface area contributed by atoms with Gasteiger partial charge in [-0.2, -0.15) is 0 Å². The Hall–Kier alpha value is -1.51. The van der Waals surface area contributed by atoms with Crippen molar-refractivity contribution in [1.82, 2.24) is 0 Å². The second kappa shape index (κ2) is 4.30. The van der Waals surface area contributed by atoms with E-state index in [0.717, 1.165) is 18.5 Å². The Morgan fingerprint density at radius 3 is 2.61 bits per heavy atom. The van der Waals surface area contributed by atoms with Crippen LogP contribution in [0.1, 0.15) is 50.0 Å². The summed E-state index contributed by atoms with van der Waals surface area (Å²) in [4.78, 5) is 13.5. The predicted molar refractivity (Wildman–Crippen MR) is 73.5 cm³/mol. The average Bonchev–Trinajstić information content (AvgIpc) is 2.28. The smallest absolute Gasteiger partial charge is 0.335 e. The van der Waals surface area contributed by atoms with Gasteiger partial charge in [-0.25, -0.2) is 4.79 Å². The number of aromatic carboxylic acids is 1. The van der Waals surface area contributed by atoms with E-state index >= 15 is 0 Å². The largest absolute Gasteiger partial charge is 0.478 e. The molecule has 0 unspecified atom stereocenters. The third-order valence-corrected chi connectivity index (χ3v) is 3.88. The van der Waals surface area contributed by atoms with Crippen molar-refractivity contribution >= 4 is 11.7 Å². The first kappa shape index (κ1) is 12.9. The molecule has 1 aliphatic rings. The maximum atomic E-state index is 11.1. The zero-order valence-corrected chi connectivity index (χ0v) is 11.5. The van der Waals surface area contributed by atoms with Gasteiger partial charge < -0.3 is 10.0 Å². The Labute approximate surface area is 108 Å². The van der Waals surface area contributed by atoms with Gasteiger partial charge in [0.1, 0.15) is 0 Å². The van der Waals surface area contributed by atoms with E-state index < -0.39 is 5.97 Å². The summed E-state index contributed by atoms with van der Waals surface area (Å²) < 4.78 is 0.